The second-order valence-electron chi connectivity index (χ2n) is 4.95. The number of amides is 1. The summed E-state index contributed by atoms with van der Waals surface area (Å²) in [5.74, 6) is 1.04. The summed E-state index contributed by atoms with van der Waals surface area (Å²) in [6, 6.07) is -0.0594. The largest absolute Gasteiger partial charge is 0.370 e. The molecule has 6 nitrogen and oxygen atoms in total. The third kappa shape index (κ3) is 2.52. The Kier molecular flexibility index (Phi) is 4.32. The summed E-state index contributed by atoms with van der Waals surface area (Å²) in [4.78, 5) is 15.9. The van der Waals surface area contributed by atoms with E-state index in [2.05, 4.69) is 17.0 Å². The molecule has 0 aliphatic heterocycles. The van der Waals surface area contributed by atoms with E-state index in [0.29, 0.717) is 12.3 Å². The zero-order chi connectivity index (χ0) is 14.9. The first-order valence-electron chi connectivity index (χ1n) is 6.76. The summed E-state index contributed by atoms with van der Waals surface area (Å²) in [7, 11) is 1.89. The molecule has 0 aromatic carbocycles. The van der Waals surface area contributed by atoms with Gasteiger partial charge in [0.1, 0.15) is 11.3 Å². The van der Waals surface area contributed by atoms with Gasteiger partial charge in [0.2, 0.25) is 5.91 Å². The van der Waals surface area contributed by atoms with Crippen LogP contribution in [0, 0.1) is 0 Å². The number of halogens is 1. The van der Waals surface area contributed by atoms with Gasteiger partial charge in [-0.05, 0) is 13.3 Å². The molecular weight excluding hydrogens is 278 g/mol. The van der Waals surface area contributed by atoms with Crippen LogP contribution in [0.1, 0.15) is 37.8 Å². The smallest absolute Gasteiger partial charge is 0.219 e. The first-order chi connectivity index (χ1) is 9.49. The zero-order valence-electron chi connectivity index (χ0n) is 12.1. The number of nitrogens with zero attached hydrogens (tertiary/aromatic N) is 4. The van der Waals surface area contributed by atoms with Gasteiger partial charge in [0.15, 0.2) is 5.65 Å². The van der Waals surface area contributed by atoms with Crippen molar-refractivity contribution in [3.05, 3.63) is 11.5 Å². The molecule has 0 aliphatic rings. The van der Waals surface area contributed by atoms with Crippen LogP contribution < -0.4 is 5.73 Å². The fourth-order valence-electron chi connectivity index (χ4n) is 2.59. The fourth-order valence-corrected chi connectivity index (χ4v) is 2.76. The lowest BCUT2D eigenvalue weighted by Crippen LogP contribution is -2.20. The SMILES string of the molecule is CCc1nn(C)c2c1nc(CCCl)n2C(C)CC(N)=O. The Labute approximate surface area is 122 Å². The second kappa shape index (κ2) is 5.83. The molecule has 20 heavy (non-hydrogen) atoms. The molecule has 0 saturated heterocycles. The van der Waals surface area contributed by atoms with Crippen molar-refractivity contribution in [2.45, 2.75) is 39.2 Å². The summed E-state index contributed by atoms with van der Waals surface area (Å²) in [6.45, 7) is 4.01. The van der Waals surface area contributed by atoms with Crippen LogP contribution in [-0.4, -0.2) is 31.1 Å². The molecule has 2 heterocycles. The minimum atomic E-state index is -0.325. The maximum atomic E-state index is 11.2. The van der Waals surface area contributed by atoms with Gasteiger partial charge < -0.3 is 10.3 Å². The van der Waals surface area contributed by atoms with Gasteiger partial charge in [-0.2, -0.15) is 5.10 Å². The van der Waals surface area contributed by atoms with E-state index in [1.807, 2.05) is 23.2 Å². The number of hydrogen-bond acceptors (Lipinski definition) is 3. The number of aromatic nitrogens is 4. The van der Waals surface area contributed by atoms with Crippen molar-refractivity contribution >= 4 is 28.7 Å². The van der Waals surface area contributed by atoms with Gasteiger partial charge >= 0.3 is 0 Å². The van der Waals surface area contributed by atoms with Crippen molar-refractivity contribution < 1.29 is 4.79 Å². The topological polar surface area (TPSA) is 78.7 Å². The van der Waals surface area contributed by atoms with E-state index < -0.39 is 0 Å². The monoisotopic (exact) mass is 297 g/mol. The van der Waals surface area contributed by atoms with Gasteiger partial charge in [-0.25, -0.2) is 4.98 Å². The van der Waals surface area contributed by atoms with Crippen LogP contribution in [0.5, 0.6) is 0 Å². The molecule has 2 aromatic rings. The predicted octanol–water partition coefficient (Wildman–Crippen LogP) is 1.55. The van der Waals surface area contributed by atoms with Gasteiger partial charge in [-0.15, -0.1) is 11.6 Å². The number of rotatable bonds is 6. The van der Waals surface area contributed by atoms with Crippen molar-refractivity contribution in [2.75, 3.05) is 5.88 Å². The van der Waals surface area contributed by atoms with Crippen LogP contribution >= 0.6 is 11.6 Å². The van der Waals surface area contributed by atoms with Crippen molar-refractivity contribution in [1.29, 1.82) is 0 Å². The quantitative estimate of drug-likeness (QED) is 0.822. The maximum Gasteiger partial charge on any atom is 0.219 e. The Bertz CT molecular complexity index is 630. The van der Waals surface area contributed by atoms with Gasteiger partial charge in [-0.3, -0.25) is 9.48 Å². The van der Waals surface area contributed by atoms with Crippen LogP contribution in [-0.2, 0) is 24.7 Å². The van der Waals surface area contributed by atoms with Crippen LogP contribution in [0.3, 0.4) is 0 Å². The van der Waals surface area contributed by atoms with Gasteiger partial charge in [0.25, 0.3) is 0 Å². The van der Waals surface area contributed by atoms with E-state index in [-0.39, 0.29) is 18.4 Å². The average Bonchev–Trinajstić information content (AvgIpc) is 2.87. The van der Waals surface area contributed by atoms with Crippen molar-refractivity contribution in [2.24, 2.45) is 12.8 Å². The van der Waals surface area contributed by atoms with E-state index >= 15 is 0 Å². The average molecular weight is 298 g/mol. The van der Waals surface area contributed by atoms with E-state index in [1.165, 1.54) is 0 Å². The lowest BCUT2D eigenvalue weighted by molar-refractivity contribution is -0.118. The Morgan fingerprint density at radius 3 is 2.75 bits per heavy atom. The van der Waals surface area contributed by atoms with Gasteiger partial charge in [-0.1, -0.05) is 6.92 Å². The summed E-state index contributed by atoms with van der Waals surface area (Å²) >= 11 is 5.86. The van der Waals surface area contributed by atoms with Gasteiger partial charge in [0.05, 0.1) is 5.69 Å². The molecule has 2 N–H and O–H groups in total. The number of hydrogen-bond donors (Lipinski definition) is 1. The molecule has 110 valence electrons. The molecule has 1 unspecified atom stereocenters. The molecule has 0 bridgehead atoms. The Morgan fingerprint density at radius 1 is 1.50 bits per heavy atom. The normalized spacial score (nSPS) is 13.0. The molecule has 0 saturated carbocycles. The van der Waals surface area contributed by atoms with Crippen LogP contribution in [0.4, 0.5) is 0 Å². The second-order valence-corrected chi connectivity index (χ2v) is 5.33. The number of carbonyl (C=O) groups is 1. The molecule has 2 rings (SSSR count). The van der Waals surface area contributed by atoms with Crippen LogP contribution in [0.2, 0.25) is 0 Å². The van der Waals surface area contributed by atoms with Crippen molar-refractivity contribution in [1.82, 2.24) is 19.3 Å². The molecule has 2 aromatic heterocycles. The number of alkyl halides is 1. The first-order valence-corrected chi connectivity index (χ1v) is 7.30. The molecule has 1 amide bonds. The minimum Gasteiger partial charge on any atom is -0.370 e. The summed E-state index contributed by atoms with van der Waals surface area (Å²) in [6.07, 6.45) is 1.74. The molecule has 0 aliphatic carbocycles. The third-order valence-corrected chi connectivity index (χ3v) is 3.59. The molecule has 0 fully saturated rings. The van der Waals surface area contributed by atoms with E-state index in [4.69, 9.17) is 17.3 Å². The van der Waals surface area contributed by atoms with E-state index in [9.17, 15) is 4.79 Å². The fraction of sp³-hybridized carbons (Fsp3) is 0.615. The Hall–Kier alpha value is -1.56. The molecular formula is C13H20ClN5O. The number of nitrogens with two attached hydrogens (primary N) is 1. The first kappa shape index (κ1) is 14.8. The lowest BCUT2D eigenvalue weighted by atomic mass is 10.2. The van der Waals surface area contributed by atoms with E-state index in [1.54, 1.807) is 0 Å². The summed E-state index contributed by atoms with van der Waals surface area (Å²) in [5.41, 5.74) is 8.10. The third-order valence-electron chi connectivity index (χ3n) is 3.40. The number of carbonyl (C=O) groups excluding carboxylic acids is 1. The highest BCUT2D eigenvalue weighted by atomic mass is 35.5. The van der Waals surface area contributed by atoms with Gasteiger partial charge in [0, 0.05) is 31.8 Å². The number of primary amides is 1. The van der Waals surface area contributed by atoms with Crippen molar-refractivity contribution in [3.8, 4) is 0 Å². The van der Waals surface area contributed by atoms with Crippen LogP contribution in [0.15, 0.2) is 0 Å². The Morgan fingerprint density at radius 2 is 2.20 bits per heavy atom. The molecule has 0 radical (unpaired) electrons. The molecule has 7 heteroatoms. The van der Waals surface area contributed by atoms with Crippen LogP contribution in [0.25, 0.3) is 11.2 Å². The standard InChI is InChI=1S/C13H20ClN5O/c1-4-9-12-13(18(3)17-9)19(8(2)7-10(15)20)11(16-12)5-6-14/h8H,4-7H2,1-3H3,(H2,15,20). The van der Waals surface area contributed by atoms with E-state index in [0.717, 1.165) is 29.1 Å². The maximum absolute atomic E-state index is 11.2. The number of fused-ring (bicyclic) bond motifs is 1. The Balaban J connectivity index is 2.61. The predicted molar refractivity (Wildman–Crippen MR) is 78.8 cm³/mol. The summed E-state index contributed by atoms with van der Waals surface area (Å²) in [5, 5.41) is 4.48. The molecule has 1 atom stereocenters. The lowest BCUT2D eigenvalue weighted by Gasteiger charge is -2.16. The van der Waals surface area contributed by atoms with Crippen molar-refractivity contribution in [3.63, 3.8) is 0 Å². The zero-order valence-corrected chi connectivity index (χ0v) is 12.8. The molecule has 0 spiro atoms. The summed E-state index contributed by atoms with van der Waals surface area (Å²) < 4.78 is 3.85. The number of aryl methyl sites for hydroxylation is 3. The highest BCUT2D eigenvalue weighted by Gasteiger charge is 2.22. The highest BCUT2D eigenvalue weighted by Crippen LogP contribution is 2.25. The highest BCUT2D eigenvalue weighted by molar-refractivity contribution is 6.17. The number of imidazole rings is 1. The minimum absolute atomic E-state index is 0.0594.